The summed E-state index contributed by atoms with van der Waals surface area (Å²) in [6, 6.07) is 6.64. The largest absolute Gasteiger partial charge is 0.348 e. The third-order valence-electron chi connectivity index (χ3n) is 7.15. The quantitative estimate of drug-likeness (QED) is 0.660. The monoisotopic (exact) mass is 474 g/mol. The van der Waals surface area contributed by atoms with Gasteiger partial charge in [0.2, 0.25) is 5.91 Å². The fraction of sp³-hybridized carbons (Fsp3) is 0.538. The van der Waals surface area contributed by atoms with Crippen molar-refractivity contribution in [1.29, 1.82) is 0 Å². The highest BCUT2D eigenvalue weighted by atomic mass is 19.1. The molecule has 0 spiro atoms. The normalized spacial score (nSPS) is 26.2. The summed E-state index contributed by atoms with van der Waals surface area (Å²) in [5, 5.41) is 0. The standard InChI is InChI=1S/C26H33F3N4O/c1-16-12-31(13-17(2)33(16)24-9-7-19(28)11-30-24)25(34)22-15-32(26(3,4)5)14-21(22)20-8-6-18(27)10-23(20)29/h6-11,16-17,21-22H,12-15H2,1-5H3/t16-,17+,21-,22+/m0/s1. The van der Waals surface area contributed by atoms with Gasteiger partial charge in [0.1, 0.15) is 23.3 Å². The molecule has 5 nitrogen and oxygen atoms in total. The lowest BCUT2D eigenvalue weighted by atomic mass is 9.87. The molecule has 4 rings (SSSR count). The Hall–Kier alpha value is -2.61. The molecule has 4 atom stereocenters. The second kappa shape index (κ2) is 9.21. The van der Waals surface area contributed by atoms with E-state index < -0.39 is 17.6 Å². The predicted octanol–water partition coefficient (Wildman–Crippen LogP) is 4.44. The number of carbonyl (C=O) groups is 1. The minimum absolute atomic E-state index is 0.00843. The van der Waals surface area contributed by atoms with Crippen LogP contribution in [0, 0.1) is 23.4 Å². The SMILES string of the molecule is C[C@@H]1CN(C(=O)[C@@H]2CN(C(C)(C)C)C[C@H]2c2ccc(F)cc2F)C[C@H](C)N1c1ccc(F)cn1. The first-order valence-electron chi connectivity index (χ1n) is 11.8. The van der Waals surface area contributed by atoms with Crippen LogP contribution in [0.1, 0.15) is 46.1 Å². The summed E-state index contributed by atoms with van der Waals surface area (Å²) in [7, 11) is 0. The molecule has 1 amide bonds. The number of pyridine rings is 1. The zero-order chi connectivity index (χ0) is 24.8. The van der Waals surface area contributed by atoms with Crippen LogP contribution < -0.4 is 4.90 Å². The summed E-state index contributed by atoms with van der Waals surface area (Å²) in [4.78, 5) is 24.2. The van der Waals surface area contributed by atoms with Gasteiger partial charge in [0.15, 0.2) is 0 Å². The molecule has 8 heteroatoms. The highest BCUT2D eigenvalue weighted by Crippen LogP contribution is 2.39. The smallest absolute Gasteiger partial charge is 0.227 e. The van der Waals surface area contributed by atoms with Crippen molar-refractivity contribution >= 4 is 11.7 Å². The van der Waals surface area contributed by atoms with Crippen LogP contribution in [0.15, 0.2) is 36.5 Å². The van der Waals surface area contributed by atoms with E-state index in [1.54, 1.807) is 6.07 Å². The lowest BCUT2D eigenvalue weighted by molar-refractivity contribution is -0.137. The molecule has 34 heavy (non-hydrogen) atoms. The summed E-state index contributed by atoms with van der Waals surface area (Å²) < 4.78 is 41.7. The van der Waals surface area contributed by atoms with Crippen molar-refractivity contribution in [3.8, 4) is 0 Å². The van der Waals surface area contributed by atoms with E-state index in [0.29, 0.717) is 37.6 Å². The fourth-order valence-electron chi connectivity index (χ4n) is 5.43. The molecule has 184 valence electrons. The summed E-state index contributed by atoms with van der Waals surface area (Å²) in [6.45, 7) is 12.3. The number of hydrogen-bond donors (Lipinski definition) is 0. The summed E-state index contributed by atoms with van der Waals surface area (Å²) >= 11 is 0. The van der Waals surface area contributed by atoms with Crippen LogP contribution in [0.2, 0.25) is 0 Å². The van der Waals surface area contributed by atoms with Crippen LogP contribution in [0.25, 0.3) is 0 Å². The number of hydrogen-bond acceptors (Lipinski definition) is 4. The number of piperazine rings is 1. The van der Waals surface area contributed by atoms with Crippen LogP contribution in [0.4, 0.5) is 19.0 Å². The first-order chi connectivity index (χ1) is 16.0. The Morgan fingerprint density at radius 3 is 2.15 bits per heavy atom. The van der Waals surface area contributed by atoms with Crippen LogP contribution >= 0.6 is 0 Å². The molecule has 3 heterocycles. The third kappa shape index (κ3) is 4.78. The summed E-state index contributed by atoms with van der Waals surface area (Å²) in [5.41, 5.74) is 0.207. The molecule has 0 aliphatic carbocycles. The molecule has 0 saturated carbocycles. The summed E-state index contributed by atoms with van der Waals surface area (Å²) in [5.74, 6) is -1.72. The number of halogens is 3. The van der Waals surface area contributed by atoms with E-state index >= 15 is 0 Å². The van der Waals surface area contributed by atoms with Gasteiger partial charge >= 0.3 is 0 Å². The van der Waals surface area contributed by atoms with Crippen molar-refractivity contribution < 1.29 is 18.0 Å². The van der Waals surface area contributed by atoms with Gasteiger partial charge in [-0.3, -0.25) is 9.69 Å². The number of anilines is 1. The van der Waals surface area contributed by atoms with Crippen LogP contribution in [-0.4, -0.2) is 64.5 Å². The highest BCUT2D eigenvalue weighted by molar-refractivity contribution is 5.81. The Kier molecular flexibility index (Phi) is 6.64. The van der Waals surface area contributed by atoms with Crippen molar-refractivity contribution in [2.75, 3.05) is 31.1 Å². The average molecular weight is 475 g/mol. The molecule has 2 aromatic rings. The number of rotatable bonds is 3. The van der Waals surface area contributed by atoms with E-state index in [1.807, 2.05) is 18.7 Å². The number of nitrogens with zero attached hydrogens (tertiary/aromatic N) is 4. The molecular weight excluding hydrogens is 441 g/mol. The van der Waals surface area contributed by atoms with Gasteiger partial charge in [0.25, 0.3) is 0 Å². The van der Waals surface area contributed by atoms with Crippen LogP contribution in [0.3, 0.4) is 0 Å². The van der Waals surface area contributed by atoms with Gasteiger partial charge in [0, 0.05) is 55.8 Å². The van der Waals surface area contributed by atoms with Gasteiger partial charge in [-0.1, -0.05) is 6.07 Å². The zero-order valence-corrected chi connectivity index (χ0v) is 20.4. The molecule has 0 unspecified atom stereocenters. The molecule has 0 radical (unpaired) electrons. The maximum absolute atomic E-state index is 14.8. The van der Waals surface area contributed by atoms with Crippen molar-refractivity contribution in [3.63, 3.8) is 0 Å². The van der Waals surface area contributed by atoms with Gasteiger partial charge in [-0.2, -0.15) is 0 Å². The van der Waals surface area contributed by atoms with E-state index in [2.05, 4.69) is 35.6 Å². The lowest BCUT2D eigenvalue weighted by Crippen LogP contribution is -2.59. The number of aromatic nitrogens is 1. The fourth-order valence-corrected chi connectivity index (χ4v) is 5.43. The Morgan fingerprint density at radius 1 is 0.941 bits per heavy atom. The van der Waals surface area contributed by atoms with E-state index in [1.165, 1.54) is 24.4 Å². The minimum atomic E-state index is -0.622. The van der Waals surface area contributed by atoms with Crippen molar-refractivity contribution in [2.24, 2.45) is 5.92 Å². The van der Waals surface area contributed by atoms with Gasteiger partial charge < -0.3 is 9.80 Å². The second-order valence-corrected chi connectivity index (χ2v) is 10.6. The summed E-state index contributed by atoms with van der Waals surface area (Å²) in [6.07, 6.45) is 1.20. The Bertz CT molecular complexity index is 1030. The topological polar surface area (TPSA) is 39.7 Å². The van der Waals surface area contributed by atoms with E-state index in [9.17, 15) is 18.0 Å². The lowest BCUT2D eigenvalue weighted by Gasteiger charge is -2.46. The third-order valence-corrected chi connectivity index (χ3v) is 7.15. The van der Waals surface area contributed by atoms with Gasteiger partial charge in [-0.05, 0) is 58.4 Å². The first kappa shape index (κ1) is 24.5. The minimum Gasteiger partial charge on any atom is -0.348 e. The van der Waals surface area contributed by atoms with Crippen molar-refractivity contribution in [3.05, 3.63) is 59.5 Å². The maximum Gasteiger partial charge on any atom is 0.227 e. The van der Waals surface area contributed by atoms with Gasteiger partial charge in [-0.25, -0.2) is 18.2 Å². The Labute approximate surface area is 199 Å². The van der Waals surface area contributed by atoms with Gasteiger partial charge in [-0.15, -0.1) is 0 Å². The van der Waals surface area contributed by atoms with Gasteiger partial charge in [0.05, 0.1) is 12.1 Å². The number of benzene rings is 1. The van der Waals surface area contributed by atoms with E-state index in [0.717, 1.165) is 6.07 Å². The Balaban J connectivity index is 1.58. The average Bonchev–Trinajstić information content (AvgIpc) is 3.19. The number of carbonyl (C=O) groups excluding carboxylic acids is 1. The number of amides is 1. The number of likely N-dealkylation sites (tertiary alicyclic amines) is 1. The second-order valence-electron chi connectivity index (χ2n) is 10.6. The van der Waals surface area contributed by atoms with E-state index in [4.69, 9.17) is 0 Å². The molecule has 1 aromatic heterocycles. The van der Waals surface area contributed by atoms with Crippen molar-refractivity contribution in [1.82, 2.24) is 14.8 Å². The molecule has 0 N–H and O–H groups in total. The molecule has 1 aromatic carbocycles. The highest BCUT2D eigenvalue weighted by Gasteiger charge is 2.45. The molecule has 0 bridgehead atoms. The predicted molar refractivity (Wildman–Crippen MR) is 126 cm³/mol. The Morgan fingerprint density at radius 2 is 1.59 bits per heavy atom. The zero-order valence-electron chi connectivity index (χ0n) is 20.4. The molecule has 2 saturated heterocycles. The molecule has 2 aliphatic heterocycles. The van der Waals surface area contributed by atoms with Crippen LogP contribution in [0.5, 0.6) is 0 Å². The van der Waals surface area contributed by atoms with E-state index in [-0.39, 0.29) is 35.3 Å². The molecule has 2 aliphatic rings. The van der Waals surface area contributed by atoms with Crippen LogP contribution in [-0.2, 0) is 4.79 Å². The first-order valence-corrected chi connectivity index (χ1v) is 11.8. The van der Waals surface area contributed by atoms with Crippen molar-refractivity contribution in [2.45, 2.75) is 58.2 Å². The maximum atomic E-state index is 14.8. The molecular formula is C26H33F3N4O. The molecule has 2 fully saturated rings.